The molecular formula is C22H15N3O5. The lowest BCUT2D eigenvalue weighted by molar-refractivity contribution is -0.384. The van der Waals surface area contributed by atoms with E-state index in [0.717, 1.165) is 0 Å². The van der Waals surface area contributed by atoms with Gasteiger partial charge in [0, 0.05) is 23.9 Å². The number of aromatic nitrogens is 1. The van der Waals surface area contributed by atoms with E-state index in [-0.39, 0.29) is 22.6 Å². The van der Waals surface area contributed by atoms with E-state index in [1.165, 1.54) is 35.4 Å². The molecule has 1 aliphatic heterocycles. The molecule has 1 N–H and O–H groups in total. The summed E-state index contributed by atoms with van der Waals surface area (Å²) in [5, 5.41) is 21.8. The minimum Gasteiger partial charge on any atom is -0.507 e. The van der Waals surface area contributed by atoms with Crippen LogP contribution in [0.5, 0.6) is 0 Å². The number of anilines is 1. The first kappa shape index (κ1) is 19.0. The summed E-state index contributed by atoms with van der Waals surface area (Å²) in [6.07, 6.45) is 1.51. The number of benzene rings is 2. The van der Waals surface area contributed by atoms with E-state index < -0.39 is 28.4 Å². The standard InChI is InChI=1S/C22H15N3O5/c26-20(15-9-11-16(12-10-15)25(29)30)18-19(14-6-2-1-3-7-14)24(22(28)21(18)27)17-8-4-5-13-23-17/h1-13,19,26H/b20-18+/t19-/m0/s1. The molecule has 0 unspecified atom stereocenters. The number of aliphatic hydroxyl groups is 1. The number of amides is 1. The second kappa shape index (κ2) is 7.59. The molecule has 2 aromatic carbocycles. The molecule has 0 spiro atoms. The average molecular weight is 401 g/mol. The van der Waals surface area contributed by atoms with Crippen molar-refractivity contribution in [1.29, 1.82) is 0 Å². The number of rotatable bonds is 4. The summed E-state index contributed by atoms with van der Waals surface area (Å²) < 4.78 is 0. The maximum atomic E-state index is 12.9. The second-order valence-corrected chi connectivity index (χ2v) is 6.57. The van der Waals surface area contributed by atoms with Crippen LogP contribution in [-0.4, -0.2) is 26.7 Å². The van der Waals surface area contributed by atoms with Crippen molar-refractivity contribution in [1.82, 2.24) is 4.98 Å². The number of pyridine rings is 1. The number of hydrogen-bond acceptors (Lipinski definition) is 6. The number of Topliss-reactive ketones (excluding diaryl/α,β-unsaturated/α-hetero) is 1. The molecule has 0 bridgehead atoms. The monoisotopic (exact) mass is 401 g/mol. The quantitative estimate of drug-likeness (QED) is 0.235. The molecule has 0 saturated carbocycles. The molecule has 1 saturated heterocycles. The summed E-state index contributed by atoms with van der Waals surface area (Å²) in [5.74, 6) is -1.80. The van der Waals surface area contributed by atoms with Gasteiger partial charge in [-0.05, 0) is 29.8 Å². The fraction of sp³-hybridized carbons (Fsp3) is 0.0455. The van der Waals surface area contributed by atoms with E-state index in [9.17, 15) is 24.8 Å². The van der Waals surface area contributed by atoms with E-state index in [0.29, 0.717) is 5.56 Å². The van der Waals surface area contributed by atoms with Gasteiger partial charge in [0.05, 0.1) is 16.5 Å². The molecule has 8 heteroatoms. The molecule has 1 fully saturated rings. The maximum absolute atomic E-state index is 12.9. The number of ketones is 1. The average Bonchev–Trinajstić information content (AvgIpc) is 3.05. The molecule has 4 rings (SSSR count). The van der Waals surface area contributed by atoms with Gasteiger partial charge < -0.3 is 5.11 Å². The maximum Gasteiger partial charge on any atom is 0.301 e. The van der Waals surface area contributed by atoms with Crippen LogP contribution in [0.15, 0.2) is 84.6 Å². The van der Waals surface area contributed by atoms with Gasteiger partial charge in [-0.15, -0.1) is 0 Å². The largest absolute Gasteiger partial charge is 0.507 e. The summed E-state index contributed by atoms with van der Waals surface area (Å²) in [4.78, 5) is 41.6. The van der Waals surface area contributed by atoms with Crippen LogP contribution in [0.4, 0.5) is 11.5 Å². The van der Waals surface area contributed by atoms with E-state index in [4.69, 9.17) is 0 Å². The zero-order chi connectivity index (χ0) is 21.3. The van der Waals surface area contributed by atoms with E-state index in [1.54, 1.807) is 48.5 Å². The van der Waals surface area contributed by atoms with E-state index in [1.807, 2.05) is 0 Å². The number of carbonyl (C=O) groups is 2. The summed E-state index contributed by atoms with van der Waals surface area (Å²) in [6.45, 7) is 0. The zero-order valence-corrected chi connectivity index (χ0v) is 15.5. The Morgan fingerprint density at radius 1 is 0.967 bits per heavy atom. The van der Waals surface area contributed by atoms with Crippen molar-refractivity contribution in [2.24, 2.45) is 0 Å². The van der Waals surface area contributed by atoms with Gasteiger partial charge in [0.1, 0.15) is 11.6 Å². The molecule has 0 radical (unpaired) electrons. The van der Waals surface area contributed by atoms with Crippen LogP contribution in [0.2, 0.25) is 0 Å². The van der Waals surface area contributed by atoms with Crippen LogP contribution < -0.4 is 4.90 Å². The van der Waals surface area contributed by atoms with Crippen LogP contribution in [0.25, 0.3) is 5.76 Å². The number of nitrogens with zero attached hydrogens (tertiary/aromatic N) is 3. The Labute approximate surface area is 170 Å². The number of nitro benzene ring substituents is 1. The van der Waals surface area contributed by atoms with Gasteiger partial charge in [-0.1, -0.05) is 36.4 Å². The molecule has 1 amide bonds. The molecule has 8 nitrogen and oxygen atoms in total. The van der Waals surface area contributed by atoms with Gasteiger partial charge in [-0.2, -0.15) is 0 Å². The molecule has 30 heavy (non-hydrogen) atoms. The van der Waals surface area contributed by atoms with Crippen molar-refractivity contribution in [2.45, 2.75) is 6.04 Å². The van der Waals surface area contributed by atoms with Crippen molar-refractivity contribution < 1.29 is 19.6 Å². The van der Waals surface area contributed by atoms with Crippen LogP contribution in [0, 0.1) is 10.1 Å². The van der Waals surface area contributed by atoms with Crippen molar-refractivity contribution in [3.05, 3.63) is 106 Å². The predicted octanol–water partition coefficient (Wildman–Crippen LogP) is 3.62. The Hall–Kier alpha value is -4.33. The minimum atomic E-state index is -0.892. The van der Waals surface area contributed by atoms with Crippen LogP contribution in [0.3, 0.4) is 0 Å². The van der Waals surface area contributed by atoms with Gasteiger partial charge >= 0.3 is 5.91 Å². The molecule has 3 aromatic rings. The van der Waals surface area contributed by atoms with Gasteiger partial charge in [-0.25, -0.2) is 4.98 Å². The highest BCUT2D eigenvalue weighted by atomic mass is 16.6. The Balaban J connectivity index is 1.90. The third kappa shape index (κ3) is 3.20. The first-order valence-corrected chi connectivity index (χ1v) is 9.01. The predicted molar refractivity (Wildman–Crippen MR) is 109 cm³/mol. The highest BCUT2D eigenvalue weighted by molar-refractivity contribution is 6.51. The topological polar surface area (TPSA) is 114 Å². The zero-order valence-electron chi connectivity index (χ0n) is 15.5. The van der Waals surface area contributed by atoms with Crippen LogP contribution in [0.1, 0.15) is 17.2 Å². The number of nitro groups is 1. The SMILES string of the molecule is O=C1C(=O)N(c2ccccn2)[C@@H](c2ccccc2)/C1=C(\O)c1ccc([N+](=O)[O-])cc1. The fourth-order valence-electron chi connectivity index (χ4n) is 3.41. The summed E-state index contributed by atoms with van der Waals surface area (Å²) in [5.41, 5.74) is 0.553. The van der Waals surface area contributed by atoms with Gasteiger partial charge in [0.15, 0.2) is 0 Å². The van der Waals surface area contributed by atoms with Gasteiger partial charge in [0.25, 0.3) is 11.5 Å². The lowest BCUT2D eigenvalue weighted by Crippen LogP contribution is -2.30. The Bertz CT molecular complexity index is 1160. The Morgan fingerprint density at radius 3 is 2.23 bits per heavy atom. The normalized spacial score (nSPS) is 17.9. The summed E-state index contributed by atoms with van der Waals surface area (Å²) >= 11 is 0. The number of carbonyl (C=O) groups excluding carboxylic acids is 2. The van der Waals surface area contributed by atoms with Crippen molar-refractivity contribution in [3.63, 3.8) is 0 Å². The van der Waals surface area contributed by atoms with Crippen molar-refractivity contribution in [3.8, 4) is 0 Å². The minimum absolute atomic E-state index is 0.106. The smallest absolute Gasteiger partial charge is 0.301 e. The number of aliphatic hydroxyl groups excluding tert-OH is 1. The third-order valence-corrected chi connectivity index (χ3v) is 4.81. The first-order chi connectivity index (χ1) is 14.5. The molecule has 148 valence electrons. The number of non-ortho nitro benzene ring substituents is 1. The van der Waals surface area contributed by atoms with Crippen LogP contribution in [-0.2, 0) is 9.59 Å². The molecule has 1 atom stereocenters. The molecule has 0 aliphatic carbocycles. The molecular weight excluding hydrogens is 386 g/mol. The highest BCUT2D eigenvalue weighted by Gasteiger charge is 2.47. The third-order valence-electron chi connectivity index (χ3n) is 4.81. The Kier molecular flexibility index (Phi) is 4.81. The van der Waals surface area contributed by atoms with Gasteiger partial charge in [-0.3, -0.25) is 24.6 Å². The van der Waals surface area contributed by atoms with Gasteiger partial charge in [0.2, 0.25) is 0 Å². The first-order valence-electron chi connectivity index (χ1n) is 9.01. The second-order valence-electron chi connectivity index (χ2n) is 6.57. The lowest BCUT2D eigenvalue weighted by Gasteiger charge is -2.24. The van der Waals surface area contributed by atoms with E-state index >= 15 is 0 Å². The van der Waals surface area contributed by atoms with Crippen LogP contribution >= 0.6 is 0 Å². The molecule has 1 aromatic heterocycles. The van der Waals surface area contributed by atoms with Crippen molar-refractivity contribution >= 4 is 29.0 Å². The summed E-state index contributed by atoms with van der Waals surface area (Å²) in [7, 11) is 0. The van der Waals surface area contributed by atoms with Crippen molar-refractivity contribution in [2.75, 3.05) is 4.90 Å². The lowest BCUT2D eigenvalue weighted by atomic mass is 9.95. The Morgan fingerprint density at radius 2 is 1.63 bits per heavy atom. The molecule has 1 aliphatic rings. The number of hydrogen-bond donors (Lipinski definition) is 1. The molecule has 2 heterocycles. The highest BCUT2D eigenvalue weighted by Crippen LogP contribution is 2.41. The fourth-order valence-corrected chi connectivity index (χ4v) is 3.41. The summed E-state index contributed by atoms with van der Waals surface area (Å²) in [6, 6.07) is 18.0. The van der Waals surface area contributed by atoms with E-state index in [2.05, 4.69) is 4.98 Å².